The van der Waals surface area contributed by atoms with Crippen molar-refractivity contribution in [1.29, 1.82) is 0 Å². The van der Waals surface area contributed by atoms with Gasteiger partial charge in [-0.25, -0.2) is 0 Å². The molecule has 0 amide bonds. The van der Waals surface area contributed by atoms with E-state index in [-0.39, 0.29) is 5.69 Å². The van der Waals surface area contributed by atoms with Crippen molar-refractivity contribution in [2.75, 3.05) is 25.0 Å². The van der Waals surface area contributed by atoms with E-state index in [0.717, 1.165) is 25.2 Å². The van der Waals surface area contributed by atoms with Gasteiger partial charge in [-0.2, -0.15) is 0 Å². The van der Waals surface area contributed by atoms with Gasteiger partial charge < -0.3 is 15.4 Å². The molecule has 2 rings (SSSR count). The van der Waals surface area contributed by atoms with Crippen LogP contribution in [-0.4, -0.2) is 30.7 Å². The molecule has 1 aromatic rings. The van der Waals surface area contributed by atoms with E-state index in [4.69, 9.17) is 4.74 Å². The van der Waals surface area contributed by atoms with E-state index in [0.29, 0.717) is 18.4 Å². The molecule has 0 spiro atoms. The van der Waals surface area contributed by atoms with Gasteiger partial charge >= 0.3 is 5.69 Å². The maximum atomic E-state index is 11.0. The monoisotopic (exact) mass is 293 g/mol. The quantitative estimate of drug-likeness (QED) is 0.597. The molecular formula is C15H23N3O3. The maximum Gasteiger partial charge on any atom is 0.311 e. The van der Waals surface area contributed by atoms with E-state index < -0.39 is 4.92 Å². The van der Waals surface area contributed by atoms with Gasteiger partial charge in [-0.3, -0.25) is 10.1 Å². The zero-order valence-electron chi connectivity index (χ0n) is 12.4. The Labute approximate surface area is 125 Å². The first kappa shape index (κ1) is 15.6. The van der Waals surface area contributed by atoms with E-state index in [1.165, 1.54) is 25.3 Å². The summed E-state index contributed by atoms with van der Waals surface area (Å²) < 4.78 is 5.48. The standard InChI is InChI=1S/C15H23N3O3/c1-2-9-21-15-10-12(6-7-14(15)18(19)20)17-11-13-5-3-4-8-16-13/h6-7,10,13,16-17H,2-5,8-9,11H2,1H3. The van der Waals surface area contributed by atoms with Gasteiger partial charge in [0, 0.05) is 30.4 Å². The Balaban J connectivity index is 2.00. The molecule has 0 aromatic heterocycles. The van der Waals surface area contributed by atoms with Crippen molar-refractivity contribution >= 4 is 11.4 Å². The molecule has 0 aliphatic carbocycles. The van der Waals surface area contributed by atoms with Gasteiger partial charge in [0.2, 0.25) is 0 Å². The number of piperidine rings is 1. The highest BCUT2D eigenvalue weighted by molar-refractivity contribution is 5.58. The highest BCUT2D eigenvalue weighted by atomic mass is 16.6. The largest absolute Gasteiger partial charge is 0.487 e. The molecule has 1 aromatic carbocycles. The van der Waals surface area contributed by atoms with Crippen LogP contribution in [0.3, 0.4) is 0 Å². The van der Waals surface area contributed by atoms with Crippen molar-refractivity contribution in [2.45, 2.75) is 38.6 Å². The summed E-state index contributed by atoms with van der Waals surface area (Å²) in [5.74, 6) is 0.337. The number of anilines is 1. The normalized spacial score (nSPS) is 18.2. The van der Waals surface area contributed by atoms with Crippen LogP contribution in [0.2, 0.25) is 0 Å². The second kappa shape index (κ2) is 7.83. The fourth-order valence-corrected chi connectivity index (χ4v) is 2.44. The predicted octanol–water partition coefficient (Wildman–Crippen LogP) is 2.94. The van der Waals surface area contributed by atoms with Gasteiger partial charge in [0.25, 0.3) is 0 Å². The molecule has 0 bridgehead atoms. The molecule has 1 fully saturated rings. The summed E-state index contributed by atoms with van der Waals surface area (Å²) in [6.07, 6.45) is 4.48. The summed E-state index contributed by atoms with van der Waals surface area (Å²) >= 11 is 0. The van der Waals surface area contributed by atoms with Crippen LogP contribution in [0.1, 0.15) is 32.6 Å². The number of hydrogen-bond donors (Lipinski definition) is 2. The van der Waals surface area contributed by atoms with Crippen LogP contribution in [-0.2, 0) is 0 Å². The van der Waals surface area contributed by atoms with Gasteiger partial charge in [-0.05, 0) is 31.9 Å². The fraction of sp³-hybridized carbons (Fsp3) is 0.600. The van der Waals surface area contributed by atoms with E-state index in [1.54, 1.807) is 12.1 Å². The van der Waals surface area contributed by atoms with Crippen LogP contribution < -0.4 is 15.4 Å². The molecule has 2 N–H and O–H groups in total. The minimum Gasteiger partial charge on any atom is -0.487 e. The molecule has 1 unspecified atom stereocenters. The first-order valence-electron chi connectivity index (χ1n) is 7.59. The average molecular weight is 293 g/mol. The number of rotatable bonds is 7. The molecule has 1 heterocycles. The van der Waals surface area contributed by atoms with Crippen molar-refractivity contribution in [3.8, 4) is 5.75 Å². The predicted molar refractivity (Wildman–Crippen MR) is 83.0 cm³/mol. The Morgan fingerprint density at radius 2 is 2.33 bits per heavy atom. The van der Waals surface area contributed by atoms with Crippen LogP contribution in [0.25, 0.3) is 0 Å². The van der Waals surface area contributed by atoms with Gasteiger partial charge in [0.05, 0.1) is 11.5 Å². The second-order valence-corrected chi connectivity index (χ2v) is 5.32. The van der Waals surface area contributed by atoms with E-state index in [2.05, 4.69) is 10.6 Å². The average Bonchev–Trinajstić information content (AvgIpc) is 2.51. The molecule has 6 heteroatoms. The lowest BCUT2D eigenvalue weighted by Crippen LogP contribution is -2.39. The Morgan fingerprint density at radius 3 is 3.00 bits per heavy atom. The Morgan fingerprint density at radius 1 is 1.48 bits per heavy atom. The molecule has 21 heavy (non-hydrogen) atoms. The van der Waals surface area contributed by atoms with E-state index in [9.17, 15) is 10.1 Å². The summed E-state index contributed by atoms with van der Waals surface area (Å²) in [6, 6.07) is 5.42. The van der Waals surface area contributed by atoms with Crippen molar-refractivity contribution in [1.82, 2.24) is 5.32 Å². The zero-order valence-corrected chi connectivity index (χ0v) is 12.4. The first-order chi connectivity index (χ1) is 10.2. The van der Waals surface area contributed by atoms with Crippen LogP contribution in [0.15, 0.2) is 18.2 Å². The molecule has 116 valence electrons. The third-order valence-electron chi connectivity index (χ3n) is 3.58. The molecule has 1 aliphatic rings. The number of nitro benzene ring substituents is 1. The Hall–Kier alpha value is -1.82. The summed E-state index contributed by atoms with van der Waals surface area (Å²) in [4.78, 5) is 10.6. The van der Waals surface area contributed by atoms with Gasteiger partial charge in [0.15, 0.2) is 5.75 Å². The first-order valence-corrected chi connectivity index (χ1v) is 7.59. The minimum absolute atomic E-state index is 0.0183. The SMILES string of the molecule is CCCOc1cc(NCC2CCCCN2)ccc1[N+](=O)[O-]. The second-order valence-electron chi connectivity index (χ2n) is 5.32. The highest BCUT2D eigenvalue weighted by Gasteiger charge is 2.16. The molecule has 0 saturated carbocycles. The molecule has 0 radical (unpaired) electrons. The lowest BCUT2D eigenvalue weighted by atomic mass is 10.1. The highest BCUT2D eigenvalue weighted by Crippen LogP contribution is 2.30. The summed E-state index contributed by atoms with van der Waals surface area (Å²) in [6.45, 7) is 4.35. The fourth-order valence-electron chi connectivity index (χ4n) is 2.44. The van der Waals surface area contributed by atoms with Crippen LogP contribution in [0.4, 0.5) is 11.4 Å². The minimum atomic E-state index is -0.405. The number of nitro groups is 1. The summed E-state index contributed by atoms with van der Waals surface area (Å²) in [5.41, 5.74) is 0.879. The molecule has 1 aliphatic heterocycles. The molecule has 6 nitrogen and oxygen atoms in total. The number of nitrogens with one attached hydrogen (secondary N) is 2. The van der Waals surface area contributed by atoms with Crippen molar-refractivity contribution < 1.29 is 9.66 Å². The maximum absolute atomic E-state index is 11.0. The topological polar surface area (TPSA) is 76.4 Å². The smallest absolute Gasteiger partial charge is 0.311 e. The lowest BCUT2D eigenvalue weighted by Gasteiger charge is -2.24. The lowest BCUT2D eigenvalue weighted by molar-refractivity contribution is -0.385. The Kier molecular flexibility index (Phi) is 5.80. The molecular weight excluding hydrogens is 270 g/mol. The third kappa shape index (κ3) is 4.60. The Bertz CT molecular complexity index is 473. The number of ether oxygens (including phenoxy) is 1. The number of nitrogens with zero attached hydrogens (tertiary/aromatic N) is 1. The number of hydrogen-bond acceptors (Lipinski definition) is 5. The van der Waals surface area contributed by atoms with E-state index >= 15 is 0 Å². The summed E-state index contributed by atoms with van der Waals surface area (Å²) in [7, 11) is 0. The van der Waals surface area contributed by atoms with Crippen molar-refractivity contribution in [3.63, 3.8) is 0 Å². The molecule has 1 atom stereocenters. The van der Waals surface area contributed by atoms with Crippen molar-refractivity contribution in [2.24, 2.45) is 0 Å². The van der Waals surface area contributed by atoms with E-state index in [1.807, 2.05) is 6.92 Å². The number of benzene rings is 1. The zero-order chi connectivity index (χ0) is 15.1. The molecule has 1 saturated heterocycles. The van der Waals surface area contributed by atoms with Crippen LogP contribution in [0, 0.1) is 10.1 Å². The van der Waals surface area contributed by atoms with Crippen LogP contribution >= 0.6 is 0 Å². The van der Waals surface area contributed by atoms with Gasteiger partial charge in [0.1, 0.15) is 0 Å². The van der Waals surface area contributed by atoms with Crippen molar-refractivity contribution in [3.05, 3.63) is 28.3 Å². The van der Waals surface area contributed by atoms with Gasteiger partial charge in [-0.15, -0.1) is 0 Å². The summed E-state index contributed by atoms with van der Waals surface area (Å²) in [5, 5.41) is 17.8. The third-order valence-corrected chi connectivity index (χ3v) is 3.58. The van der Waals surface area contributed by atoms with Crippen LogP contribution in [0.5, 0.6) is 5.75 Å². The van der Waals surface area contributed by atoms with Gasteiger partial charge in [-0.1, -0.05) is 13.3 Å².